The molecular formula is C14H29N. The summed E-state index contributed by atoms with van der Waals surface area (Å²) in [6.45, 7) is 4.66. The van der Waals surface area contributed by atoms with Crippen LogP contribution in [-0.2, 0) is 0 Å². The molecule has 0 bridgehead atoms. The molecule has 0 spiro atoms. The molecule has 0 amide bonds. The summed E-state index contributed by atoms with van der Waals surface area (Å²) in [5.41, 5.74) is 0. The van der Waals surface area contributed by atoms with Crippen LogP contribution in [0.5, 0.6) is 0 Å². The number of hydrogen-bond donors (Lipinski definition) is 1. The average Bonchev–Trinajstić information content (AvgIpc) is 2.25. The van der Waals surface area contributed by atoms with Gasteiger partial charge in [0.05, 0.1) is 0 Å². The van der Waals surface area contributed by atoms with Crippen LogP contribution in [0.4, 0.5) is 0 Å². The van der Waals surface area contributed by atoms with Crippen LogP contribution >= 0.6 is 0 Å². The van der Waals surface area contributed by atoms with Gasteiger partial charge in [0.2, 0.25) is 0 Å². The van der Waals surface area contributed by atoms with E-state index in [9.17, 15) is 0 Å². The monoisotopic (exact) mass is 211 g/mol. The van der Waals surface area contributed by atoms with E-state index in [0.717, 1.165) is 17.9 Å². The minimum absolute atomic E-state index is 0.795. The minimum atomic E-state index is 0.795. The lowest BCUT2D eigenvalue weighted by atomic mass is 9.82. The third kappa shape index (κ3) is 5.01. The maximum absolute atomic E-state index is 3.55. The molecule has 1 heteroatoms. The highest BCUT2D eigenvalue weighted by molar-refractivity contribution is 4.78. The zero-order valence-electron chi connectivity index (χ0n) is 10.9. The molecule has 0 aromatic rings. The predicted molar refractivity (Wildman–Crippen MR) is 68.1 cm³/mol. The lowest BCUT2D eigenvalue weighted by molar-refractivity contribution is 0.261. The first kappa shape index (κ1) is 13.0. The summed E-state index contributed by atoms with van der Waals surface area (Å²) in [7, 11) is 2.15. The van der Waals surface area contributed by atoms with Crippen molar-refractivity contribution in [2.24, 2.45) is 11.8 Å². The van der Waals surface area contributed by atoms with E-state index in [1.807, 2.05) is 0 Å². The Morgan fingerprint density at radius 2 is 1.73 bits per heavy atom. The van der Waals surface area contributed by atoms with Gasteiger partial charge in [-0.15, -0.1) is 0 Å². The van der Waals surface area contributed by atoms with Crippen molar-refractivity contribution in [3.05, 3.63) is 0 Å². The number of hydrogen-bond acceptors (Lipinski definition) is 1. The highest BCUT2D eigenvalue weighted by Crippen LogP contribution is 2.28. The Balaban J connectivity index is 2.21. The molecule has 1 N–H and O–H groups in total. The zero-order chi connectivity index (χ0) is 11.1. The van der Waals surface area contributed by atoms with E-state index >= 15 is 0 Å². The molecule has 1 saturated carbocycles. The first-order valence-electron chi connectivity index (χ1n) is 6.91. The summed E-state index contributed by atoms with van der Waals surface area (Å²) in [4.78, 5) is 0. The smallest absolute Gasteiger partial charge is 0.00923 e. The van der Waals surface area contributed by atoms with E-state index in [2.05, 4.69) is 26.2 Å². The Bertz CT molecular complexity index is 147. The Hall–Kier alpha value is -0.0400. The van der Waals surface area contributed by atoms with Crippen molar-refractivity contribution >= 4 is 0 Å². The molecule has 1 fully saturated rings. The van der Waals surface area contributed by atoms with Crippen LogP contribution in [0.2, 0.25) is 0 Å². The molecule has 1 unspecified atom stereocenters. The molecule has 0 aromatic carbocycles. The molecule has 1 nitrogen and oxygen atoms in total. The molecule has 0 aromatic heterocycles. The Labute approximate surface area is 96.0 Å². The SMILES string of the molecule is CNC(CCCC(C)C)C1CCCCC1. The molecule has 15 heavy (non-hydrogen) atoms. The van der Waals surface area contributed by atoms with Crippen molar-refractivity contribution in [3.63, 3.8) is 0 Å². The van der Waals surface area contributed by atoms with E-state index in [0.29, 0.717) is 0 Å². The van der Waals surface area contributed by atoms with Crippen LogP contribution in [0.3, 0.4) is 0 Å². The van der Waals surface area contributed by atoms with Gasteiger partial charge in [0.1, 0.15) is 0 Å². The molecule has 1 aliphatic carbocycles. The average molecular weight is 211 g/mol. The quantitative estimate of drug-likeness (QED) is 0.700. The van der Waals surface area contributed by atoms with Gasteiger partial charge in [-0.2, -0.15) is 0 Å². The van der Waals surface area contributed by atoms with Gasteiger partial charge in [0.25, 0.3) is 0 Å². The maximum Gasteiger partial charge on any atom is 0.00923 e. The van der Waals surface area contributed by atoms with E-state index in [4.69, 9.17) is 0 Å². The standard InChI is InChI=1S/C14H29N/c1-12(2)8-7-11-14(15-3)13-9-5-4-6-10-13/h12-15H,4-11H2,1-3H3. The Morgan fingerprint density at radius 1 is 1.07 bits per heavy atom. The van der Waals surface area contributed by atoms with Gasteiger partial charge in [-0.3, -0.25) is 0 Å². The zero-order valence-corrected chi connectivity index (χ0v) is 10.9. The van der Waals surface area contributed by atoms with Crippen molar-refractivity contribution in [1.29, 1.82) is 0 Å². The van der Waals surface area contributed by atoms with E-state index in [1.54, 1.807) is 0 Å². The summed E-state index contributed by atoms with van der Waals surface area (Å²) in [6.07, 6.45) is 11.5. The van der Waals surface area contributed by atoms with Gasteiger partial charge in [-0.05, 0) is 38.1 Å². The third-order valence-corrected chi connectivity index (χ3v) is 3.89. The van der Waals surface area contributed by atoms with Crippen LogP contribution in [0.15, 0.2) is 0 Å². The van der Waals surface area contributed by atoms with Crippen molar-refractivity contribution in [1.82, 2.24) is 5.32 Å². The predicted octanol–water partition coefficient (Wildman–Crippen LogP) is 3.98. The third-order valence-electron chi connectivity index (χ3n) is 3.89. The van der Waals surface area contributed by atoms with Gasteiger partial charge in [-0.25, -0.2) is 0 Å². The maximum atomic E-state index is 3.55. The van der Waals surface area contributed by atoms with Crippen molar-refractivity contribution in [2.75, 3.05) is 7.05 Å². The number of rotatable bonds is 6. The normalized spacial score (nSPS) is 20.8. The van der Waals surface area contributed by atoms with Crippen molar-refractivity contribution < 1.29 is 0 Å². The van der Waals surface area contributed by atoms with E-state index in [-0.39, 0.29) is 0 Å². The van der Waals surface area contributed by atoms with Gasteiger partial charge in [-0.1, -0.05) is 46.0 Å². The summed E-state index contributed by atoms with van der Waals surface area (Å²) >= 11 is 0. The fourth-order valence-electron chi connectivity index (χ4n) is 2.90. The molecule has 1 rings (SSSR count). The lowest BCUT2D eigenvalue weighted by Gasteiger charge is -2.30. The van der Waals surface area contributed by atoms with Crippen LogP contribution in [-0.4, -0.2) is 13.1 Å². The Kier molecular flexibility index (Phi) is 6.31. The van der Waals surface area contributed by atoms with E-state index < -0.39 is 0 Å². The molecule has 0 saturated heterocycles. The van der Waals surface area contributed by atoms with Gasteiger partial charge in [0, 0.05) is 6.04 Å². The van der Waals surface area contributed by atoms with Gasteiger partial charge < -0.3 is 5.32 Å². The van der Waals surface area contributed by atoms with Crippen LogP contribution < -0.4 is 5.32 Å². The van der Waals surface area contributed by atoms with Gasteiger partial charge in [0.15, 0.2) is 0 Å². The molecule has 0 aliphatic heterocycles. The second-order valence-corrected chi connectivity index (χ2v) is 5.62. The second-order valence-electron chi connectivity index (χ2n) is 5.62. The van der Waals surface area contributed by atoms with E-state index in [1.165, 1.54) is 51.4 Å². The minimum Gasteiger partial charge on any atom is -0.317 e. The Morgan fingerprint density at radius 3 is 2.27 bits per heavy atom. The van der Waals surface area contributed by atoms with Crippen molar-refractivity contribution in [3.8, 4) is 0 Å². The summed E-state index contributed by atoms with van der Waals surface area (Å²) < 4.78 is 0. The van der Waals surface area contributed by atoms with Crippen LogP contribution in [0.25, 0.3) is 0 Å². The highest BCUT2D eigenvalue weighted by atomic mass is 14.9. The fraction of sp³-hybridized carbons (Fsp3) is 1.00. The molecule has 90 valence electrons. The molecule has 0 radical (unpaired) electrons. The fourth-order valence-corrected chi connectivity index (χ4v) is 2.90. The summed E-state index contributed by atoms with van der Waals surface area (Å²) in [5, 5.41) is 3.55. The first-order chi connectivity index (χ1) is 7.24. The highest BCUT2D eigenvalue weighted by Gasteiger charge is 2.21. The van der Waals surface area contributed by atoms with Crippen molar-refractivity contribution in [2.45, 2.75) is 71.3 Å². The largest absolute Gasteiger partial charge is 0.317 e. The van der Waals surface area contributed by atoms with Gasteiger partial charge >= 0.3 is 0 Å². The summed E-state index contributed by atoms with van der Waals surface area (Å²) in [5.74, 6) is 1.84. The summed E-state index contributed by atoms with van der Waals surface area (Å²) in [6, 6.07) is 0.795. The molecule has 1 atom stereocenters. The van der Waals surface area contributed by atoms with Crippen LogP contribution in [0, 0.1) is 11.8 Å². The lowest BCUT2D eigenvalue weighted by Crippen LogP contribution is -2.34. The van der Waals surface area contributed by atoms with Crippen LogP contribution in [0.1, 0.15) is 65.2 Å². The molecular weight excluding hydrogens is 182 g/mol. The second kappa shape index (κ2) is 7.27. The topological polar surface area (TPSA) is 12.0 Å². The number of nitrogens with one attached hydrogen (secondary N) is 1. The first-order valence-corrected chi connectivity index (χ1v) is 6.91. The molecule has 0 heterocycles. The molecule has 1 aliphatic rings.